The molecule has 1 saturated heterocycles. The Morgan fingerprint density at radius 3 is 2.47 bits per heavy atom. The molecule has 2 rings (SSSR count). The molecule has 2 fully saturated rings. The zero-order valence-electron chi connectivity index (χ0n) is 9.78. The number of carbonyl (C=O) groups excluding carboxylic acids is 1. The van der Waals surface area contributed by atoms with Crippen LogP contribution in [0.2, 0.25) is 0 Å². The summed E-state index contributed by atoms with van der Waals surface area (Å²) in [5.41, 5.74) is 5.23. The standard InChI is InChI=1S/C12H22N2O/c1-8(2)10-3-9(4-10)5-14-6-11(7-14)12(13)15/h8-11H,3-7H2,1-2H3,(H2,13,15)/t9-,10+. The van der Waals surface area contributed by atoms with E-state index in [0.717, 1.165) is 30.8 Å². The third kappa shape index (κ3) is 2.33. The predicted molar refractivity (Wildman–Crippen MR) is 60.2 cm³/mol. The van der Waals surface area contributed by atoms with Gasteiger partial charge in [0.25, 0.3) is 0 Å². The average molecular weight is 210 g/mol. The van der Waals surface area contributed by atoms with Crippen LogP contribution >= 0.6 is 0 Å². The van der Waals surface area contributed by atoms with Gasteiger partial charge in [0.1, 0.15) is 0 Å². The third-order valence-electron chi connectivity index (χ3n) is 4.09. The fraction of sp³-hybridized carbons (Fsp3) is 0.917. The van der Waals surface area contributed by atoms with Crippen LogP contribution in [0.3, 0.4) is 0 Å². The SMILES string of the molecule is CC(C)[C@H]1C[C@@H](CN2CC(C(N)=O)C2)C1. The summed E-state index contributed by atoms with van der Waals surface area (Å²) < 4.78 is 0. The van der Waals surface area contributed by atoms with Gasteiger partial charge in [-0.25, -0.2) is 0 Å². The maximum Gasteiger partial charge on any atom is 0.223 e. The van der Waals surface area contributed by atoms with Gasteiger partial charge in [0, 0.05) is 19.6 Å². The second-order valence-corrected chi connectivity index (χ2v) is 5.66. The number of nitrogens with zero attached hydrogens (tertiary/aromatic N) is 1. The molecule has 2 aliphatic rings. The molecule has 0 aromatic heterocycles. The first-order chi connectivity index (χ1) is 7.06. The van der Waals surface area contributed by atoms with Gasteiger partial charge in [0.15, 0.2) is 0 Å². The molecule has 15 heavy (non-hydrogen) atoms. The average Bonchev–Trinajstić information content (AvgIpc) is 1.95. The van der Waals surface area contributed by atoms with Crippen LogP contribution in [0.15, 0.2) is 0 Å². The number of likely N-dealkylation sites (tertiary alicyclic amines) is 1. The van der Waals surface area contributed by atoms with E-state index in [9.17, 15) is 4.79 Å². The lowest BCUT2D eigenvalue weighted by molar-refractivity contribution is -0.127. The normalized spacial score (nSPS) is 32.5. The second-order valence-electron chi connectivity index (χ2n) is 5.66. The van der Waals surface area contributed by atoms with Crippen molar-refractivity contribution in [3.63, 3.8) is 0 Å². The molecular weight excluding hydrogens is 188 g/mol. The highest BCUT2D eigenvalue weighted by molar-refractivity contribution is 5.78. The minimum atomic E-state index is -0.125. The van der Waals surface area contributed by atoms with Gasteiger partial charge in [-0.05, 0) is 30.6 Å². The van der Waals surface area contributed by atoms with E-state index in [1.165, 1.54) is 19.4 Å². The van der Waals surface area contributed by atoms with Gasteiger partial charge in [-0.3, -0.25) is 4.79 Å². The molecule has 1 aliphatic heterocycles. The first-order valence-electron chi connectivity index (χ1n) is 6.08. The Morgan fingerprint density at radius 1 is 1.40 bits per heavy atom. The van der Waals surface area contributed by atoms with Crippen LogP contribution in [0.1, 0.15) is 26.7 Å². The molecule has 3 heteroatoms. The Bertz CT molecular complexity index is 240. The Labute approximate surface area is 92.0 Å². The molecule has 86 valence electrons. The smallest absolute Gasteiger partial charge is 0.223 e. The Morgan fingerprint density at radius 2 is 2.00 bits per heavy atom. The summed E-state index contributed by atoms with van der Waals surface area (Å²) in [6.07, 6.45) is 2.77. The molecule has 1 amide bonds. The van der Waals surface area contributed by atoms with Crippen molar-refractivity contribution in [2.24, 2.45) is 29.4 Å². The van der Waals surface area contributed by atoms with Crippen molar-refractivity contribution < 1.29 is 4.79 Å². The maximum absolute atomic E-state index is 10.8. The van der Waals surface area contributed by atoms with Crippen LogP contribution < -0.4 is 5.73 Å². The summed E-state index contributed by atoms with van der Waals surface area (Å²) in [4.78, 5) is 13.2. The number of primary amides is 1. The fourth-order valence-electron chi connectivity index (χ4n) is 2.74. The summed E-state index contributed by atoms with van der Waals surface area (Å²) >= 11 is 0. The van der Waals surface area contributed by atoms with E-state index < -0.39 is 0 Å². The molecule has 0 spiro atoms. The van der Waals surface area contributed by atoms with Crippen LogP contribution in [-0.2, 0) is 4.79 Å². The maximum atomic E-state index is 10.8. The van der Waals surface area contributed by atoms with E-state index in [2.05, 4.69) is 18.7 Å². The Kier molecular flexibility index (Phi) is 3.01. The molecule has 1 aliphatic carbocycles. The van der Waals surface area contributed by atoms with Crippen LogP contribution in [0, 0.1) is 23.7 Å². The van der Waals surface area contributed by atoms with E-state index in [1.54, 1.807) is 0 Å². The van der Waals surface area contributed by atoms with Crippen LogP contribution in [-0.4, -0.2) is 30.4 Å². The summed E-state index contributed by atoms with van der Waals surface area (Å²) in [5, 5.41) is 0. The van der Waals surface area contributed by atoms with Crippen LogP contribution in [0.5, 0.6) is 0 Å². The largest absolute Gasteiger partial charge is 0.369 e. The zero-order valence-corrected chi connectivity index (χ0v) is 9.78. The fourth-order valence-corrected chi connectivity index (χ4v) is 2.74. The van der Waals surface area contributed by atoms with Crippen molar-refractivity contribution in [1.82, 2.24) is 4.90 Å². The Hall–Kier alpha value is -0.570. The number of rotatable bonds is 4. The molecule has 0 aromatic carbocycles. The monoisotopic (exact) mass is 210 g/mol. The lowest BCUT2D eigenvalue weighted by atomic mass is 9.69. The van der Waals surface area contributed by atoms with Crippen molar-refractivity contribution in [1.29, 1.82) is 0 Å². The van der Waals surface area contributed by atoms with Crippen molar-refractivity contribution >= 4 is 5.91 Å². The van der Waals surface area contributed by atoms with Gasteiger partial charge in [-0.1, -0.05) is 13.8 Å². The number of nitrogens with two attached hydrogens (primary N) is 1. The summed E-state index contributed by atoms with van der Waals surface area (Å²) in [6, 6.07) is 0. The lowest BCUT2D eigenvalue weighted by Gasteiger charge is -2.45. The summed E-state index contributed by atoms with van der Waals surface area (Å²) in [5.74, 6) is 2.68. The van der Waals surface area contributed by atoms with E-state index in [4.69, 9.17) is 5.73 Å². The third-order valence-corrected chi connectivity index (χ3v) is 4.09. The van der Waals surface area contributed by atoms with E-state index >= 15 is 0 Å². The quantitative estimate of drug-likeness (QED) is 0.755. The van der Waals surface area contributed by atoms with Gasteiger partial charge in [0.05, 0.1) is 5.92 Å². The summed E-state index contributed by atoms with van der Waals surface area (Å²) in [7, 11) is 0. The van der Waals surface area contributed by atoms with E-state index in [0.29, 0.717) is 0 Å². The molecular formula is C12H22N2O. The van der Waals surface area contributed by atoms with Gasteiger partial charge in [-0.15, -0.1) is 0 Å². The highest BCUT2D eigenvalue weighted by Gasteiger charge is 2.37. The molecule has 3 nitrogen and oxygen atoms in total. The molecule has 0 bridgehead atoms. The number of carbonyl (C=O) groups is 1. The summed E-state index contributed by atoms with van der Waals surface area (Å²) in [6.45, 7) is 7.62. The van der Waals surface area contributed by atoms with Gasteiger partial charge >= 0.3 is 0 Å². The van der Waals surface area contributed by atoms with Crippen LogP contribution in [0.25, 0.3) is 0 Å². The van der Waals surface area contributed by atoms with Gasteiger partial charge < -0.3 is 10.6 Å². The van der Waals surface area contributed by atoms with Gasteiger partial charge in [-0.2, -0.15) is 0 Å². The molecule has 0 aromatic rings. The minimum absolute atomic E-state index is 0.125. The van der Waals surface area contributed by atoms with Crippen molar-refractivity contribution in [3.8, 4) is 0 Å². The first kappa shape index (κ1) is 10.9. The van der Waals surface area contributed by atoms with Gasteiger partial charge in [0.2, 0.25) is 5.91 Å². The molecule has 2 N–H and O–H groups in total. The van der Waals surface area contributed by atoms with Crippen molar-refractivity contribution in [2.75, 3.05) is 19.6 Å². The predicted octanol–water partition coefficient (Wildman–Crippen LogP) is 1.09. The van der Waals surface area contributed by atoms with E-state index in [-0.39, 0.29) is 11.8 Å². The molecule has 0 radical (unpaired) electrons. The number of hydrogen-bond acceptors (Lipinski definition) is 2. The molecule has 0 atom stereocenters. The molecule has 1 heterocycles. The van der Waals surface area contributed by atoms with Crippen molar-refractivity contribution in [2.45, 2.75) is 26.7 Å². The van der Waals surface area contributed by atoms with E-state index in [1.807, 2.05) is 0 Å². The first-order valence-corrected chi connectivity index (χ1v) is 6.08. The highest BCUT2D eigenvalue weighted by atomic mass is 16.1. The van der Waals surface area contributed by atoms with Crippen molar-refractivity contribution in [3.05, 3.63) is 0 Å². The molecule has 1 saturated carbocycles. The lowest BCUT2D eigenvalue weighted by Crippen LogP contribution is -2.54. The zero-order chi connectivity index (χ0) is 11.0. The second kappa shape index (κ2) is 4.12. The topological polar surface area (TPSA) is 46.3 Å². The molecule has 0 unspecified atom stereocenters. The highest BCUT2D eigenvalue weighted by Crippen LogP contribution is 2.39. The number of hydrogen-bond donors (Lipinski definition) is 1. The Balaban J connectivity index is 1.60. The van der Waals surface area contributed by atoms with Crippen LogP contribution in [0.4, 0.5) is 0 Å². The number of amides is 1. The minimum Gasteiger partial charge on any atom is -0.369 e.